The summed E-state index contributed by atoms with van der Waals surface area (Å²) in [5.41, 5.74) is 10.8. The van der Waals surface area contributed by atoms with Gasteiger partial charge in [-0.05, 0) is 55.4 Å². The van der Waals surface area contributed by atoms with Crippen molar-refractivity contribution in [2.45, 2.75) is 68.5 Å². The van der Waals surface area contributed by atoms with Gasteiger partial charge in [-0.25, -0.2) is 28.9 Å². The van der Waals surface area contributed by atoms with Crippen LogP contribution in [0.4, 0.5) is 11.4 Å². The molecule has 4 heterocycles. The van der Waals surface area contributed by atoms with Gasteiger partial charge in [-0.3, -0.25) is 10.9 Å². The first-order chi connectivity index (χ1) is 20.2. The molecule has 0 amide bonds. The number of hydrazone groups is 2. The summed E-state index contributed by atoms with van der Waals surface area (Å²) in [7, 11) is 0. The second-order valence-electron chi connectivity index (χ2n) is 9.27. The van der Waals surface area contributed by atoms with Gasteiger partial charge in [0, 0.05) is 36.9 Å². The van der Waals surface area contributed by atoms with Gasteiger partial charge in [0.25, 0.3) is 0 Å². The third-order valence-corrected chi connectivity index (χ3v) is 5.70. The van der Waals surface area contributed by atoms with Crippen LogP contribution < -0.4 is 10.9 Å². The fourth-order valence-electron chi connectivity index (χ4n) is 3.82. The van der Waals surface area contributed by atoms with Crippen LogP contribution in [-0.4, -0.2) is 66.1 Å². The highest BCUT2D eigenvalue weighted by atomic mass is 16.5. The van der Waals surface area contributed by atoms with E-state index in [1.807, 2.05) is 41.5 Å². The number of rotatable bonds is 10. The van der Waals surface area contributed by atoms with Crippen molar-refractivity contribution in [3.63, 3.8) is 0 Å². The number of esters is 2. The maximum absolute atomic E-state index is 12.1. The number of aryl methyl sites for hydroxylation is 2. The molecule has 42 heavy (non-hydrogen) atoms. The molecule has 0 unspecified atom stereocenters. The first-order valence-electron chi connectivity index (χ1n) is 13.7. The third kappa shape index (κ3) is 7.25. The molecule has 4 aromatic heterocycles. The van der Waals surface area contributed by atoms with E-state index in [0.29, 0.717) is 60.1 Å². The normalized spacial score (nSPS) is 10.5. The second kappa shape index (κ2) is 14.7. The van der Waals surface area contributed by atoms with Gasteiger partial charge < -0.3 is 9.47 Å². The van der Waals surface area contributed by atoms with Gasteiger partial charge in [-0.15, -0.1) is 0 Å². The van der Waals surface area contributed by atoms with E-state index in [1.54, 1.807) is 35.6 Å². The Balaban J connectivity index is 0.000000230. The molecular formula is C28H38N10O4. The summed E-state index contributed by atoms with van der Waals surface area (Å²) in [5, 5.41) is 18.4. The summed E-state index contributed by atoms with van der Waals surface area (Å²) in [5.74, 6) is -0.856. The second-order valence-corrected chi connectivity index (χ2v) is 9.27. The number of ether oxygens (including phenoxy) is 2. The number of carbonyl (C=O) groups is 2. The minimum absolute atomic E-state index is 0.306. The minimum Gasteiger partial charge on any atom is -0.462 e. The van der Waals surface area contributed by atoms with E-state index in [2.05, 4.69) is 41.2 Å². The van der Waals surface area contributed by atoms with Gasteiger partial charge in [-0.2, -0.15) is 20.4 Å². The van der Waals surface area contributed by atoms with Crippen LogP contribution in [0.25, 0.3) is 22.1 Å². The number of fused-ring (bicyclic) bond motifs is 2. The first kappa shape index (κ1) is 31.6. The average molecular weight is 579 g/mol. The molecule has 14 heteroatoms. The maximum Gasteiger partial charge on any atom is 0.341 e. The molecule has 0 aliphatic heterocycles. The van der Waals surface area contributed by atoms with Crippen LogP contribution >= 0.6 is 0 Å². The molecule has 4 rings (SSSR count). The lowest BCUT2D eigenvalue weighted by Gasteiger charge is -2.09. The Kier molecular flexibility index (Phi) is 11.0. The quantitative estimate of drug-likeness (QED) is 0.151. The molecule has 0 radical (unpaired) electrons. The molecule has 0 saturated heterocycles. The largest absolute Gasteiger partial charge is 0.462 e. The summed E-state index contributed by atoms with van der Waals surface area (Å²) in [6.07, 6.45) is 6.35. The van der Waals surface area contributed by atoms with Crippen molar-refractivity contribution in [1.29, 1.82) is 0 Å². The molecule has 0 atom stereocenters. The smallest absolute Gasteiger partial charge is 0.341 e. The van der Waals surface area contributed by atoms with Gasteiger partial charge in [0.05, 0.1) is 47.8 Å². The maximum atomic E-state index is 12.1. The summed E-state index contributed by atoms with van der Waals surface area (Å²) < 4.78 is 13.6. The van der Waals surface area contributed by atoms with Crippen molar-refractivity contribution in [1.82, 2.24) is 29.5 Å². The molecule has 224 valence electrons. The monoisotopic (exact) mass is 578 g/mol. The van der Waals surface area contributed by atoms with E-state index >= 15 is 0 Å². The molecule has 0 bridgehead atoms. The Bertz CT molecular complexity index is 1490. The first-order valence-corrected chi connectivity index (χ1v) is 13.7. The molecule has 0 aromatic carbocycles. The molecule has 0 aliphatic rings. The highest BCUT2D eigenvalue weighted by Gasteiger charge is 2.20. The van der Waals surface area contributed by atoms with Crippen LogP contribution in [0.3, 0.4) is 0 Å². The zero-order chi connectivity index (χ0) is 30.8. The summed E-state index contributed by atoms with van der Waals surface area (Å²) >= 11 is 0. The topological polar surface area (TPSA) is 163 Å². The fourth-order valence-corrected chi connectivity index (χ4v) is 3.82. The van der Waals surface area contributed by atoms with E-state index in [-0.39, 0.29) is 0 Å². The highest BCUT2D eigenvalue weighted by Crippen LogP contribution is 2.28. The SMILES string of the molecule is CCOC(=O)c1cnc2c(cnn2CC)c1NN=C(C)C.CCOC(=O)c1cnc2c(cnn2CC)c1NN=C(C)C. The Morgan fingerprint density at radius 2 is 1.07 bits per heavy atom. The zero-order valence-electron chi connectivity index (χ0n) is 25.3. The summed E-state index contributed by atoms with van der Waals surface area (Å²) in [6.45, 7) is 17.0. The predicted octanol–water partition coefficient (Wildman–Crippen LogP) is 4.87. The van der Waals surface area contributed by atoms with Crippen LogP contribution in [0.2, 0.25) is 0 Å². The van der Waals surface area contributed by atoms with Crippen molar-refractivity contribution >= 4 is 56.8 Å². The lowest BCUT2D eigenvalue weighted by molar-refractivity contribution is 0.0517. The van der Waals surface area contributed by atoms with E-state index in [9.17, 15) is 9.59 Å². The van der Waals surface area contributed by atoms with Crippen molar-refractivity contribution in [2.75, 3.05) is 24.1 Å². The van der Waals surface area contributed by atoms with Gasteiger partial charge in [0.2, 0.25) is 0 Å². The van der Waals surface area contributed by atoms with Crippen LogP contribution in [0.1, 0.15) is 76.1 Å². The molecule has 4 aromatic rings. The summed E-state index contributed by atoms with van der Waals surface area (Å²) in [4.78, 5) is 32.7. The molecule has 14 nitrogen and oxygen atoms in total. The Hall–Kier alpha value is -4.88. The van der Waals surface area contributed by atoms with Gasteiger partial charge in [0.15, 0.2) is 11.3 Å². The van der Waals surface area contributed by atoms with E-state index in [4.69, 9.17) is 9.47 Å². The van der Waals surface area contributed by atoms with E-state index in [1.165, 1.54) is 12.4 Å². The lowest BCUT2D eigenvalue weighted by Crippen LogP contribution is -2.10. The average Bonchev–Trinajstić information content (AvgIpc) is 3.59. The van der Waals surface area contributed by atoms with Crippen LogP contribution in [-0.2, 0) is 22.6 Å². The highest BCUT2D eigenvalue weighted by molar-refractivity contribution is 6.05. The van der Waals surface area contributed by atoms with Crippen LogP contribution in [0.15, 0.2) is 35.0 Å². The number of hydrogen-bond donors (Lipinski definition) is 2. The third-order valence-electron chi connectivity index (χ3n) is 5.70. The van der Waals surface area contributed by atoms with Crippen molar-refractivity contribution in [3.8, 4) is 0 Å². The zero-order valence-corrected chi connectivity index (χ0v) is 25.3. The molecular weight excluding hydrogens is 540 g/mol. The van der Waals surface area contributed by atoms with Crippen LogP contribution in [0, 0.1) is 0 Å². The fraction of sp³-hybridized carbons (Fsp3) is 0.429. The number of pyridine rings is 2. The molecule has 0 aliphatic carbocycles. The number of anilines is 2. The Labute approximate surface area is 244 Å². The van der Waals surface area contributed by atoms with Crippen molar-refractivity contribution in [3.05, 3.63) is 35.9 Å². The number of nitrogens with one attached hydrogen (secondary N) is 2. The summed E-state index contributed by atoms with van der Waals surface area (Å²) in [6, 6.07) is 0. The van der Waals surface area contributed by atoms with Gasteiger partial charge >= 0.3 is 11.9 Å². The van der Waals surface area contributed by atoms with E-state index in [0.717, 1.165) is 22.2 Å². The predicted molar refractivity (Wildman–Crippen MR) is 163 cm³/mol. The number of aromatic nitrogens is 6. The molecule has 2 N–H and O–H groups in total. The Morgan fingerprint density at radius 3 is 1.38 bits per heavy atom. The Morgan fingerprint density at radius 1 is 0.690 bits per heavy atom. The number of hydrogen-bond acceptors (Lipinski definition) is 12. The van der Waals surface area contributed by atoms with E-state index < -0.39 is 11.9 Å². The number of carbonyl (C=O) groups excluding carboxylic acids is 2. The van der Waals surface area contributed by atoms with Crippen molar-refractivity contribution < 1.29 is 19.1 Å². The van der Waals surface area contributed by atoms with Crippen molar-refractivity contribution in [2.24, 2.45) is 10.2 Å². The number of nitrogens with zero attached hydrogens (tertiary/aromatic N) is 8. The molecule has 0 spiro atoms. The van der Waals surface area contributed by atoms with Gasteiger partial charge in [0.1, 0.15) is 11.1 Å². The standard InChI is InChI=1S/2C14H19N5O2/c2*1-5-19-13-10(8-16-19)12(18-17-9(3)4)11(7-15-13)14(20)21-6-2/h2*7-8H,5-6H2,1-4H3,(H,15,18). The van der Waals surface area contributed by atoms with Gasteiger partial charge in [-0.1, -0.05) is 0 Å². The molecule has 0 fully saturated rings. The van der Waals surface area contributed by atoms with Crippen LogP contribution in [0.5, 0.6) is 0 Å². The molecule has 0 saturated carbocycles. The minimum atomic E-state index is -0.428. The lowest BCUT2D eigenvalue weighted by atomic mass is 10.2.